The number of ether oxygens (including phenoxy) is 1. The SMILES string of the molecule is COc1ccc(-c2ccc(C3CCCC3NS(=O)(=O)C(C)C)cc2)cc1. The van der Waals surface area contributed by atoms with E-state index in [0.29, 0.717) is 0 Å². The van der Waals surface area contributed by atoms with Gasteiger partial charge in [0.05, 0.1) is 12.4 Å². The molecule has 0 amide bonds. The Balaban J connectivity index is 1.76. The Morgan fingerprint density at radius 1 is 0.962 bits per heavy atom. The quantitative estimate of drug-likeness (QED) is 0.820. The van der Waals surface area contributed by atoms with Crippen molar-refractivity contribution in [3.05, 3.63) is 54.1 Å². The first kappa shape index (κ1) is 18.9. The monoisotopic (exact) mass is 373 g/mol. The van der Waals surface area contributed by atoms with E-state index in [2.05, 4.69) is 29.0 Å². The second kappa shape index (κ2) is 7.80. The van der Waals surface area contributed by atoms with Gasteiger partial charge in [0.25, 0.3) is 0 Å². The van der Waals surface area contributed by atoms with E-state index in [1.807, 2.05) is 24.3 Å². The van der Waals surface area contributed by atoms with Gasteiger partial charge < -0.3 is 4.74 Å². The van der Waals surface area contributed by atoms with Crippen molar-refractivity contribution in [1.82, 2.24) is 4.72 Å². The molecule has 2 aromatic carbocycles. The minimum absolute atomic E-state index is 0.00534. The largest absolute Gasteiger partial charge is 0.497 e. The van der Waals surface area contributed by atoms with E-state index in [9.17, 15) is 8.42 Å². The Bertz CT molecular complexity index is 827. The van der Waals surface area contributed by atoms with Gasteiger partial charge in [0.15, 0.2) is 0 Å². The highest BCUT2D eigenvalue weighted by molar-refractivity contribution is 7.90. The average molecular weight is 374 g/mol. The van der Waals surface area contributed by atoms with Crippen molar-refractivity contribution in [1.29, 1.82) is 0 Å². The Hall–Kier alpha value is -1.85. The van der Waals surface area contributed by atoms with Crippen LogP contribution in [-0.4, -0.2) is 26.8 Å². The third-order valence-electron chi connectivity index (χ3n) is 5.21. The van der Waals surface area contributed by atoms with Crippen LogP contribution in [0.15, 0.2) is 48.5 Å². The summed E-state index contributed by atoms with van der Waals surface area (Å²) in [7, 11) is -1.58. The molecule has 5 heteroatoms. The molecule has 2 unspecified atom stereocenters. The van der Waals surface area contributed by atoms with Crippen molar-refractivity contribution < 1.29 is 13.2 Å². The second-order valence-corrected chi connectivity index (χ2v) is 9.47. The highest BCUT2D eigenvalue weighted by Crippen LogP contribution is 2.36. The first-order valence-corrected chi connectivity index (χ1v) is 10.7. The normalized spacial score (nSPS) is 20.5. The number of nitrogens with one attached hydrogen (secondary N) is 1. The van der Waals surface area contributed by atoms with Crippen LogP contribution < -0.4 is 9.46 Å². The molecular weight excluding hydrogens is 346 g/mol. The third kappa shape index (κ3) is 4.10. The zero-order valence-corrected chi connectivity index (χ0v) is 16.4. The van der Waals surface area contributed by atoms with Crippen molar-refractivity contribution >= 4 is 10.0 Å². The fourth-order valence-electron chi connectivity index (χ4n) is 3.55. The predicted octanol–water partition coefficient (Wildman–Crippen LogP) is 4.33. The number of benzene rings is 2. The van der Waals surface area contributed by atoms with Crippen LogP contribution in [0.1, 0.15) is 44.6 Å². The maximum atomic E-state index is 12.2. The highest BCUT2D eigenvalue weighted by Gasteiger charge is 2.32. The van der Waals surface area contributed by atoms with Crippen LogP contribution in [0, 0.1) is 0 Å². The molecule has 2 aromatic rings. The fourth-order valence-corrected chi connectivity index (χ4v) is 4.53. The maximum Gasteiger partial charge on any atom is 0.214 e. The van der Waals surface area contributed by atoms with Gasteiger partial charge in [0.2, 0.25) is 10.0 Å². The summed E-state index contributed by atoms with van der Waals surface area (Å²) in [6, 6.07) is 16.5. The van der Waals surface area contributed by atoms with E-state index >= 15 is 0 Å². The Morgan fingerprint density at radius 3 is 2.08 bits per heavy atom. The van der Waals surface area contributed by atoms with Crippen LogP contribution in [0.4, 0.5) is 0 Å². The lowest BCUT2D eigenvalue weighted by Gasteiger charge is -2.23. The number of hydrogen-bond acceptors (Lipinski definition) is 3. The molecule has 4 nitrogen and oxygen atoms in total. The number of hydrogen-bond donors (Lipinski definition) is 1. The molecule has 0 saturated heterocycles. The summed E-state index contributed by atoms with van der Waals surface area (Å²) in [4.78, 5) is 0. The van der Waals surface area contributed by atoms with Gasteiger partial charge >= 0.3 is 0 Å². The first-order valence-electron chi connectivity index (χ1n) is 9.16. The fraction of sp³-hybridized carbons (Fsp3) is 0.429. The lowest BCUT2D eigenvalue weighted by atomic mass is 9.93. The minimum atomic E-state index is -3.24. The number of rotatable bonds is 6. The van der Waals surface area contributed by atoms with E-state index < -0.39 is 15.3 Å². The van der Waals surface area contributed by atoms with Crippen molar-refractivity contribution in [2.24, 2.45) is 0 Å². The molecule has 140 valence electrons. The Morgan fingerprint density at radius 2 is 1.54 bits per heavy atom. The van der Waals surface area contributed by atoms with Gasteiger partial charge in [0.1, 0.15) is 5.75 Å². The van der Waals surface area contributed by atoms with E-state index in [1.54, 1.807) is 21.0 Å². The van der Waals surface area contributed by atoms with Crippen LogP contribution in [0.5, 0.6) is 5.75 Å². The summed E-state index contributed by atoms with van der Waals surface area (Å²) in [5, 5.41) is -0.402. The number of methoxy groups -OCH3 is 1. The topological polar surface area (TPSA) is 55.4 Å². The molecule has 1 saturated carbocycles. The molecule has 26 heavy (non-hydrogen) atoms. The molecular formula is C21H27NO3S. The lowest BCUT2D eigenvalue weighted by molar-refractivity contribution is 0.415. The van der Waals surface area contributed by atoms with E-state index in [0.717, 1.165) is 36.1 Å². The molecule has 0 spiro atoms. The highest BCUT2D eigenvalue weighted by atomic mass is 32.2. The molecule has 0 aromatic heterocycles. The molecule has 1 aliphatic carbocycles. The van der Waals surface area contributed by atoms with Gasteiger partial charge in [0, 0.05) is 12.0 Å². The summed E-state index contributed by atoms with van der Waals surface area (Å²) < 4.78 is 32.6. The van der Waals surface area contributed by atoms with E-state index in [4.69, 9.17) is 4.74 Å². The zero-order valence-electron chi connectivity index (χ0n) is 15.6. The molecule has 0 aliphatic heterocycles. The summed E-state index contributed by atoms with van der Waals surface area (Å²) in [5.74, 6) is 1.09. The molecule has 3 rings (SSSR count). The van der Waals surface area contributed by atoms with Crippen LogP contribution in [0.2, 0.25) is 0 Å². The van der Waals surface area contributed by atoms with Crippen LogP contribution in [-0.2, 0) is 10.0 Å². The van der Waals surface area contributed by atoms with Gasteiger partial charge in [-0.2, -0.15) is 0 Å². The maximum absolute atomic E-state index is 12.2. The molecule has 0 bridgehead atoms. The standard InChI is InChI=1S/C21H27NO3S/c1-15(2)26(23,24)22-21-6-4-5-20(21)18-9-7-16(8-10-18)17-11-13-19(25-3)14-12-17/h7-15,20-22H,4-6H2,1-3H3. The van der Waals surface area contributed by atoms with Crippen molar-refractivity contribution in [3.63, 3.8) is 0 Å². The van der Waals surface area contributed by atoms with E-state index in [1.165, 1.54) is 5.56 Å². The molecule has 2 atom stereocenters. The molecule has 1 fully saturated rings. The summed E-state index contributed by atoms with van der Waals surface area (Å²) in [6.45, 7) is 3.44. The number of sulfonamides is 1. The summed E-state index contributed by atoms with van der Waals surface area (Å²) in [5.41, 5.74) is 3.49. The summed E-state index contributed by atoms with van der Waals surface area (Å²) >= 11 is 0. The average Bonchev–Trinajstić information content (AvgIpc) is 3.09. The third-order valence-corrected chi connectivity index (χ3v) is 7.09. The van der Waals surface area contributed by atoms with Crippen molar-refractivity contribution in [2.45, 2.75) is 50.3 Å². The Kier molecular flexibility index (Phi) is 5.68. The van der Waals surface area contributed by atoms with Gasteiger partial charge in [-0.25, -0.2) is 13.1 Å². The zero-order chi connectivity index (χ0) is 18.7. The van der Waals surface area contributed by atoms with Crippen LogP contribution in [0.25, 0.3) is 11.1 Å². The van der Waals surface area contributed by atoms with Gasteiger partial charge in [-0.15, -0.1) is 0 Å². The lowest BCUT2D eigenvalue weighted by Crippen LogP contribution is -2.40. The van der Waals surface area contributed by atoms with Crippen molar-refractivity contribution in [3.8, 4) is 16.9 Å². The summed E-state index contributed by atoms with van der Waals surface area (Å²) in [6.07, 6.45) is 2.97. The smallest absolute Gasteiger partial charge is 0.214 e. The second-order valence-electron chi connectivity index (χ2n) is 7.21. The van der Waals surface area contributed by atoms with Crippen molar-refractivity contribution in [2.75, 3.05) is 7.11 Å². The van der Waals surface area contributed by atoms with Gasteiger partial charge in [-0.3, -0.25) is 0 Å². The molecule has 0 radical (unpaired) electrons. The first-order chi connectivity index (χ1) is 12.4. The van der Waals surface area contributed by atoms with Gasteiger partial charge in [-0.1, -0.05) is 42.8 Å². The minimum Gasteiger partial charge on any atom is -0.497 e. The van der Waals surface area contributed by atoms with Crippen LogP contribution >= 0.6 is 0 Å². The molecule has 0 heterocycles. The predicted molar refractivity (Wildman–Crippen MR) is 106 cm³/mol. The molecule has 1 N–H and O–H groups in total. The van der Waals surface area contributed by atoms with Crippen LogP contribution in [0.3, 0.4) is 0 Å². The molecule has 1 aliphatic rings. The van der Waals surface area contributed by atoms with E-state index in [-0.39, 0.29) is 12.0 Å². The Labute approximate surface area is 156 Å². The van der Waals surface area contributed by atoms with Gasteiger partial charge in [-0.05, 0) is 55.5 Å².